The fourth-order valence-electron chi connectivity index (χ4n) is 1.87. The van der Waals surface area contributed by atoms with Gasteiger partial charge in [0.2, 0.25) is 5.91 Å². The molecule has 108 valence electrons. The zero-order chi connectivity index (χ0) is 16.1. The van der Waals surface area contributed by atoms with E-state index in [1.54, 1.807) is 48.5 Å². The number of halogens is 1. The van der Waals surface area contributed by atoms with E-state index in [0.29, 0.717) is 5.56 Å². The van der Waals surface area contributed by atoms with Crippen molar-refractivity contribution in [3.63, 3.8) is 0 Å². The second kappa shape index (κ2) is 6.90. The monoisotopic (exact) mass is 304 g/mol. The number of nitrogens with one attached hydrogen (secondary N) is 1. The molecule has 0 radical (unpaired) electrons. The maximum atomic E-state index is 12.1. The second-order valence-electron chi connectivity index (χ2n) is 4.36. The minimum Gasteiger partial charge on any atom is -0.479 e. The van der Waals surface area contributed by atoms with Gasteiger partial charge < -0.3 is 10.4 Å². The molecule has 4 nitrogen and oxygen atoms in total. The van der Waals surface area contributed by atoms with Gasteiger partial charge in [-0.3, -0.25) is 4.79 Å². The van der Waals surface area contributed by atoms with Crippen LogP contribution in [0.3, 0.4) is 0 Å². The van der Waals surface area contributed by atoms with Crippen molar-refractivity contribution in [1.82, 2.24) is 5.32 Å². The highest BCUT2D eigenvalue weighted by Gasteiger charge is 2.23. The van der Waals surface area contributed by atoms with Gasteiger partial charge in [-0.25, -0.2) is 4.79 Å². The standard InChI is InChI=1S/C16H14ClNO3/c17-13-9-5-4-8-12(13)15(16(20)21)18-14(19)10-11-6-2-1-3-7-11/h1-9,15H,10H2,(H,18,19)(H,20,21)/i10D. The average molecular weight is 305 g/mol. The van der Waals surface area contributed by atoms with E-state index in [-0.39, 0.29) is 10.6 Å². The molecule has 0 saturated carbocycles. The Hall–Kier alpha value is -2.33. The Bertz CT molecular complexity index is 678. The lowest BCUT2D eigenvalue weighted by atomic mass is 10.1. The number of carboxylic acids is 1. The van der Waals surface area contributed by atoms with Gasteiger partial charge in [-0.05, 0) is 11.6 Å². The third-order valence-corrected chi connectivity index (χ3v) is 3.19. The Balaban J connectivity index is 2.20. The minimum atomic E-state index is -1.29. The molecule has 2 aromatic rings. The molecule has 0 aliphatic heterocycles. The van der Waals surface area contributed by atoms with Gasteiger partial charge in [0.1, 0.15) is 0 Å². The highest BCUT2D eigenvalue weighted by molar-refractivity contribution is 6.31. The maximum absolute atomic E-state index is 12.1. The summed E-state index contributed by atoms with van der Waals surface area (Å²) in [4.78, 5) is 23.6. The van der Waals surface area contributed by atoms with Crippen LogP contribution in [0.5, 0.6) is 0 Å². The third kappa shape index (κ3) is 4.07. The highest BCUT2D eigenvalue weighted by atomic mass is 35.5. The van der Waals surface area contributed by atoms with Crippen LogP contribution in [0.4, 0.5) is 0 Å². The first kappa shape index (κ1) is 13.6. The van der Waals surface area contributed by atoms with E-state index in [9.17, 15) is 14.7 Å². The molecule has 0 aromatic heterocycles. The minimum absolute atomic E-state index is 0.247. The summed E-state index contributed by atoms with van der Waals surface area (Å²) >= 11 is 5.98. The normalized spacial score (nSPS) is 13.9. The Morgan fingerprint density at radius 1 is 1.14 bits per heavy atom. The molecule has 21 heavy (non-hydrogen) atoms. The molecule has 0 fully saturated rings. The lowest BCUT2D eigenvalue weighted by molar-refractivity contribution is -0.141. The van der Waals surface area contributed by atoms with E-state index in [4.69, 9.17) is 13.0 Å². The number of benzene rings is 2. The van der Waals surface area contributed by atoms with Crippen LogP contribution in [0, 0.1) is 0 Å². The van der Waals surface area contributed by atoms with Gasteiger partial charge in [0.25, 0.3) is 0 Å². The molecule has 2 atom stereocenters. The number of amides is 1. The Morgan fingerprint density at radius 3 is 2.38 bits per heavy atom. The van der Waals surface area contributed by atoms with Gasteiger partial charge in [0, 0.05) is 12.0 Å². The highest BCUT2D eigenvalue weighted by Crippen LogP contribution is 2.23. The molecule has 0 heterocycles. The van der Waals surface area contributed by atoms with E-state index >= 15 is 0 Å². The first-order valence-corrected chi connectivity index (χ1v) is 6.63. The maximum Gasteiger partial charge on any atom is 0.330 e. The summed E-state index contributed by atoms with van der Waals surface area (Å²) < 4.78 is 7.93. The second-order valence-corrected chi connectivity index (χ2v) is 4.76. The van der Waals surface area contributed by atoms with E-state index < -0.39 is 24.3 Å². The topological polar surface area (TPSA) is 66.4 Å². The third-order valence-electron chi connectivity index (χ3n) is 2.85. The van der Waals surface area contributed by atoms with Crippen LogP contribution < -0.4 is 5.32 Å². The fourth-order valence-corrected chi connectivity index (χ4v) is 2.11. The summed E-state index contributed by atoms with van der Waals surface area (Å²) in [5.41, 5.74) is 0.772. The molecule has 0 spiro atoms. The molecule has 1 amide bonds. The zero-order valence-electron chi connectivity index (χ0n) is 12.0. The molecule has 5 heteroatoms. The number of hydrogen-bond donors (Lipinski definition) is 2. The lowest BCUT2D eigenvalue weighted by Crippen LogP contribution is -2.34. The number of hydrogen-bond acceptors (Lipinski definition) is 2. The number of rotatable bonds is 5. The number of carbonyl (C=O) groups excluding carboxylic acids is 1. The number of aliphatic carboxylic acids is 1. The van der Waals surface area contributed by atoms with Gasteiger partial charge in [-0.2, -0.15) is 0 Å². The summed E-state index contributed by atoms with van der Waals surface area (Å²) in [5.74, 6) is -1.93. The van der Waals surface area contributed by atoms with E-state index in [1.807, 2.05) is 0 Å². The predicted molar refractivity (Wildman–Crippen MR) is 80.1 cm³/mol. The number of carbonyl (C=O) groups is 2. The van der Waals surface area contributed by atoms with Crippen molar-refractivity contribution in [3.8, 4) is 0 Å². The molecule has 2 unspecified atom stereocenters. The Morgan fingerprint density at radius 2 is 1.76 bits per heavy atom. The summed E-state index contributed by atoms with van der Waals surface area (Å²) in [6.45, 7) is 0. The van der Waals surface area contributed by atoms with Crippen molar-refractivity contribution < 1.29 is 16.1 Å². The van der Waals surface area contributed by atoms with Crippen molar-refractivity contribution in [3.05, 3.63) is 70.7 Å². The fraction of sp³-hybridized carbons (Fsp3) is 0.125. The van der Waals surface area contributed by atoms with Crippen LogP contribution in [0.15, 0.2) is 54.6 Å². The van der Waals surface area contributed by atoms with E-state index in [1.165, 1.54) is 6.07 Å². The molecule has 0 aliphatic rings. The summed E-state index contributed by atoms with van der Waals surface area (Å²) in [6.07, 6.45) is -1.20. The van der Waals surface area contributed by atoms with Crippen molar-refractivity contribution in [2.24, 2.45) is 0 Å². The average Bonchev–Trinajstić information content (AvgIpc) is 2.53. The van der Waals surface area contributed by atoms with Crippen LogP contribution in [-0.2, 0) is 16.0 Å². The van der Waals surface area contributed by atoms with Gasteiger partial charge >= 0.3 is 5.97 Å². The first-order valence-electron chi connectivity index (χ1n) is 6.83. The van der Waals surface area contributed by atoms with Crippen LogP contribution >= 0.6 is 11.6 Å². The van der Waals surface area contributed by atoms with Crippen LogP contribution in [0.25, 0.3) is 0 Å². The molecule has 2 aromatic carbocycles. The summed E-state index contributed by atoms with van der Waals surface area (Å²) in [6, 6.07) is 13.6. The van der Waals surface area contributed by atoms with Gasteiger partial charge in [0.05, 0.1) is 6.40 Å². The SMILES string of the molecule is [2H]C(C(=O)NC(C(=O)O)c1ccccc1Cl)c1ccccc1. The molecule has 0 bridgehead atoms. The Labute approximate surface area is 128 Å². The van der Waals surface area contributed by atoms with Crippen molar-refractivity contribution in [2.75, 3.05) is 0 Å². The van der Waals surface area contributed by atoms with Crippen LogP contribution in [-0.4, -0.2) is 17.0 Å². The van der Waals surface area contributed by atoms with Crippen LogP contribution in [0.2, 0.25) is 5.02 Å². The molecule has 2 rings (SSSR count). The molecule has 0 aliphatic carbocycles. The quantitative estimate of drug-likeness (QED) is 0.892. The zero-order valence-corrected chi connectivity index (χ0v) is 11.7. The van der Waals surface area contributed by atoms with Crippen molar-refractivity contribution >= 4 is 23.5 Å². The molecular weight excluding hydrogens is 290 g/mol. The van der Waals surface area contributed by atoms with Gasteiger partial charge in [0.15, 0.2) is 6.04 Å². The lowest BCUT2D eigenvalue weighted by Gasteiger charge is -2.16. The predicted octanol–water partition coefficient (Wildman–Crippen LogP) is 2.82. The largest absolute Gasteiger partial charge is 0.479 e. The first-order chi connectivity index (χ1) is 10.5. The van der Waals surface area contributed by atoms with Gasteiger partial charge in [-0.1, -0.05) is 60.1 Å². The van der Waals surface area contributed by atoms with Gasteiger partial charge in [-0.15, -0.1) is 0 Å². The summed E-state index contributed by atoms with van der Waals surface area (Å²) in [7, 11) is 0. The number of carboxylic acid groups (broad SMARTS) is 1. The molecule has 0 saturated heterocycles. The van der Waals surface area contributed by atoms with Crippen LogP contribution in [0.1, 0.15) is 18.5 Å². The van der Waals surface area contributed by atoms with E-state index in [2.05, 4.69) is 5.32 Å². The smallest absolute Gasteiger partial charge is 0.330 e. The van der Waals surface area contributed by atoms with Crippen molar-refractivity contribution in [1.29, 1.82) is 0 Å². The Kier molecular flexibility index (Phi) is 4.49. The van der Waals surface area contributed by atoms with Crippen molar-refractivity contribution in [2.45, 2.75) is 12.4 Å². The molecule has 2 N–H and O–H groups in total. The van der Waals surface area contributed by atoms with E-state index in [0.717, 1.165) is 0 Å². The summed E-state index contributed by atoms with van der Waals surface area (Å²) in [5, 5.41) is 11.9. The molecular formula is C16H14ClNO3.